The van der Waals surface area contributed by atoms with Crippen molar-refractivity contribution < 1.29 is 14.3 Å². The second kappa shape index (κ2) is 7.17. The van der Waals surface area contributed by atoms with Crippen LogP contribution in [-0.2, 0) is 20.8 Å². The summed E-state index contributed by atoms with van der Waals surface area (Å²) in [6, 6.07) is 4.14. The van der Waals surface area contributed by atoms with E-state index in [4.69, 9.17) is 9.47 Å². The molecule has 130 valence electrons. The molecular weight excluding hydrogens is 306 g/mol. The van der Waals surface area contributed by atoms with E-state index in [0.717, 1.165) is 39.1 Å². The molecule has 0 spiro atoms. The molecule has 1 amide bonds. The highest BCUT2D eigenvalue weighted by Crippen LogP contribution is 2.35. The fourth-order valence-corrected chi connectivity index (χ4v) is 4.09. The molecule has 3 fully saturated rings. The second-order valence-corrected chi connectivity index (χ2v) is 7.04. The molecule has 3 aliphatic heterocycles. The number of morpholine rings is 1. The molecule has 0 N–H and O–H groups in total. The average Bonchev–Trinajstić information content (AvgIpc) is 3.14. The summed E-state index contributed by atoms with van der Waals surface area (Å²) < 4.78 is 11.5. The van der Waals surface area contributed by atoms with Gasteiger partial charge in [0.15, 0.2) is 0 Å². The minimum atomic E-state index is 0.0958. The summed E-state index contributed by atoms with van der Waals surface area (Å²) in [5, 5.41) is 0. The van der Waals surface area contributed by atoms with E-state index < -0.39 is 0 Å². The number of carbonyl (C=O) groups is 1. The van der Waals surface area contributed by atoms with Gasteiger partial charge >= 0.3 is 0 Å². The van der Waals surface area contributed by atoms with Crippen LogP contribution in [0.5, 0.6) is 0 Å². The number of carbonyl (C=O) groups excluding carboxylic acids is 1. The number of hydrogen-bond donors (Lipinski definition) is 0. The van der Waals surface area contributed by atoms with Gasteiger partial charge in [-0.1, -0.05) is 0 Å². The Morgan fingerprint density at radius 3 is 2.75 bits per heavy atom. The van der Waals surface area contributed by atoms with Gasteiger partial charge in [0.2, 0.25) is 5.91 Å². The number of ether oxygens (including phenoxy) is 2. The van der Waals surface area contributed by atoms with Gasteiger partial charge in [-0.05, 0) is 24.1 Å². The Labute approximate surface area is 142 Å². The summed E-state index contributed by atoms with van der Waals surface area (Å²) in [6.07, 6.45) is 5.60. The maximum absolute atomic E-state index is 12.4. The summed E-state index contributed by atoms with van der Waals surface area (Å²) in [6.45, 7) is 5.75. The second-order valence-electron chi connectivity index (χ2n) is 7.04. The Bertz CT molecular complexity index is 548. The van der Waals surface area contributed by atoms with E-state index >= 15 is 0 Å². The van der Waals surface area contributed by atoms with Crippen molar-refractivity contribution in [3.8, 4) is 0 Å². The number of aromatic nitrogens is 1. The largest absolute Gasteiger partial charge is 0.378 e. The highest BCUT2D eigenvalue weighted by molar-refractivity contribution is 5.76. The van der Waals surface area contributed by atoms with Crippen LogP contribution in [0.15, 0.2) is 24.5 Å². The normalized spacial score (nSPS) is 30.5. The number of rotatable bonds is 4. The number of hydrogen-bond acceptors (Lipinski definition) is 5. The van der Waals surface area contributed by atoms with Crippen molar-refractivity contribution in [3.63, 3.8) is 0 Å². The van der Waals surface area contributed by atoms with E-state index in [9.17, 15) is 4.79 Å². The first kappa shape index (κ1) is 16.0. The first-order chi connectivity index (χ1) is 11.8. The van der Waals surface area contributed by atoms with Gasteiger partial charge in [-0.25, -0.2) is 0 Å². The maximum Gasteiger partial charge on any atom is 0.225 e. The molecule has 3 aliphatic rings. The van der Waals surface area contributed by atoms with Crippen LogP contribution in [-0.4, -0.2) is 72.3 Å². The Morgan fingerprint density at radius 1 is 1.21 bits per heavy atom. The van der Waals surface area contributed by atoms with Crippen LogP contribution < -0.4 is 0 Å². The number of amides is 1. The smallest absolute Gasteiger partial charge is 0.225 e. The van der Waals surface area contributed by atoms with Crippen molar-refractivity contribution in [2.24, 2.45) is 5.92 Å². The lowest BCUT2D eigenvalue weighted by Crippen LogP contribution is -2.42. The van der Waals surface area contributed by atoms with Gasteiger partial charge in [-0.2, -0.15) is 0 Å². The van der Waals surface area contributed by atoms with Gasteiger partial charge in [0, 0.05) is 51.0 Å². The van der Waals surface area contributed by atoms with Crippen molar-refractivity contribution in [2.45, 2.75) is 31.6 Å². The Kier molecular flexibility index (Phi) is 4.78. The van der Waals surface area contributed by atoms with Gasteiger partial charge < -0.3 is 14.4 Å². The molecule has 0 saturated carbocycles. The van der Waals surface area contributed by atoms with Gasteiger partial charge in [0.1, 0.15) is 0 Å². The van der Waals surface area contributed by atoms with E-state index in [1.165, 1.54) is 5.56 Å². The molecule has 0 radical (unpaired) electrons. The summed E-state index contributed by atoms with van der Waals surface area (Å²) in [5.74, 6) is 0.784. The molecule has 3 atom stereocenters. The van der Waals surface area contributed by atoms with Gasteiger partial charge in [-0.3, -0.25) is 14.7 Å². The molecule has 3 saturated heterocycles. The lowest BCUT2D eigenvalue weighted by Gasteiger charge is -2.28. The first-order valence-corrected chi connectivity index (χ1v) is 8.90. The SMILES string of the molecule is O=C(C[C@H]1C[C@H]2CN(Cc3ccncc3)C[C@H]2O1)N1CCOCC1. The maximum atomic E-state index is 12.4. The third-order valence-electron chi connectivity index (χ3n) is 5.31. The van der Waals surface area contributed by atoms with Crippen molar-refractivity contribution >= 4 is 5.91 Å². The fraction of sp³-hybridized carbons (Fsp3) is 0.667. The highest BCUT2D eigenvalue weighted by atomic mass is 16.5. The van der Waals surface area contributed by atoms with Crippen molar-refractivity contribution in [3.05, 3.63) is 30.1 Å². The van der Waals surface area contributed by atoms with Crippen molar-refractivity contribution in [2.75, 3.05) is 39.4 Å². The zero-order valence-corrected chi connectivity index (χ0v) is 14.0. The summed E-state index contributed by atoms with van der Waals surface area (Å²) in [4.78, 5) is 20.8. The molecule has 0 bridgehead atoms. The molecule has 4 heterocycles. The molecule has 6 nitrogen and oxygen atoms in total. The average molecular weight is 331 g/mol. The van der Waals surface area contributed by atoms with Gasteiger partial charge in [0.05, 0.1) is 31.8 Å². The molecule has 4 rings (SSSR count). The first-order valence-electron chi connectivity index (χ1n) is 8.90. The lowest BCUT2D eigenvalue weighted by molar-refractivity contribution is -0.138. The van der Waals surface area contributed by atoms with Gasteiger partial charge in [0.25, 0.3) is 0 Å². The van der Waals surface area contributed by atoms with Crippen LogP contribution >= 0.6 is 0 Å². The van der Waals surface area contributed by atoms with Crippen molar-refractivity contribution in [1.29, 1.82) is 0 Å². The lowest BCUT2D eigenvalue weighted by atomic mass is 10.0. The monoisotopic (exact) mass is 331 g/mol. The topological polar surface area (TPSA) is 54.9 Å². The van der Waals surface area contributed by atoms with Crippen LogP contribution in [0.4, 0.5) is 0 Å². The van der Waals surface area contributed by atoms with E-state index in [-0.39, 0.29) is 18.1 Å². The molecule has 0 aliphatic carbocycles. The standard InChI is InChI=1S/C18H25N3O3/c22-18(21-5-7-23-8-6-21)10-16-9-15-12-20(13-17(15)24-16)11-14-1-3-19-4-2-14/h1-4,15-17H,5-13H2/t15-,16+,17+/m0/s1. The Balaban J connectivity index is 1.24. The van der Waals surface area contributed by atoms with Crippen LogP contribution in [0.3, 0.4) is 0 Å². The number of nitrogens with zero attached hydrogens (tertiary/aromatic N) is 3. The van der Waals surface area contributed by atoms with E-state index in [1.54, 1.807) is 0 Å². The zero-order valence-electron chi connectivity index (χ0n) is 14.0. The third-order valence-corrected chi connectivity index (χ3v) is 5.31. The molecule has 24 heavy (non-hydrogen) atoms. The van der Waals surface area contributed by atoms with Crippen LogP contribution in [0.1, 0.15) is 18.4 Å². The molecule has 1 aromatic heterocycles. The fourth-order valence-electron chi connectivity index (χ4n) is 4.09. The zero-order chi connectivity index (χ0) is 16.4. The Morgan fingerprint density at radius 2 is 2.00 bits per heavy atom. The predicted molar refractivity (Wildman–Crippen MR) is 88.3 cm³/mol. The van der Waals surface area contributed by atoms with Crippen molar-refractivity contribution in [1.82, 2.24) is 14.8 Å². The molecule has 0 unspecified atom stereocenters. The summed E-state index contributed by atoms with van der Waals surface area (Å²) >= 11 is 0. The summed E-state index contributed by atoms with van der Waals surface area (Å²) in [7, 11) is 0. The minimum Gasteiger partial charge on any atom is -0.378 e. The molecule has 1 aromatic rings. The van der Waals surface area contributed by atoms with Crippen LogP contribution in [0.2, 0.25) is 0 Å². The van der Waals surface area contributed by atoms with Crippen LogP contribution in [0.25, 0.3) is 0 Å². The van der Waals surface area contributed by atoms with E-state index in [1.807, 2.05) is 17.3 Å². The third kappa shape index (κ3) is 3.61. The van der Waals surface area contributed by atoms with Gasteiger partial charge in [-0.15, -0.1) is 0 Å². The Hall–Kier alpha value is -1.50. The highest BCUT2D eigenvalue weighted by Gasteiger charge is 2.42. The summed E-state index contributed by atoms with van der Waals surface area (Å²) in [5.41, 5.74) is 1.30. The predicted octanol–water partition coefficient (Wildman–Crippen LogP) is 0.920. The van der Waals surface area contributed by atoms with E-state index in [0.29, 0.717) is 25.6 Å². The van der Waals surface area contributed by atoms with Crippen LogP contribution in [0, 0.1) is 5.92 Å². The number of fused-ring (bicyclic) bond motifs is 1. The van der Waals surface area contributed by atoms with E-state index in [2.05, 4.69) is 22.0 Å². The quantitative estimate of drug-likeness (QED) is 0.821. The molecular formula is C18H25N3O3. The number of pyridine rings is 1. The molecule has 0 aromatic carbocycles. The number of likely N-dealkylation sites (tertiary alicyclic amines) is 1. The molecule has 6 heteroatoms. The minimum absolute atomic E-state index is 0.0958.